The Morgan fingerprint density at radius 1 is 0.708 bits per heavy atom. The maximum Gasteiger partial charge on any atom is 0.0155 e. The summed E-state index contributed by atoms with van der Waals surface area (Å²) in [6.45, 7) is 9.95. The molecule has 1 unspecified atom stereocenters. The summed E-state index contributed by atoms with van der Waals surface area (Å²) in [6.07, 6.45) is 25.7. The zero-order valence-corrected chi connectivity index (χ0v) is 16.7. The highest BCUT2D eigenvalue weighted by Crippen LogP contribution is 2.17. The van der Waals surface area contributed by atoms with Crippen LogP contribution in [0.2, 0.25) is 0 Å². The molecule has 0 aromatic carbocycles. The second-order valence-electron chi connectivity index (χ2n) is 7.51. The molecule has 0 amide bonds. The summed E-state index contributed by atoms with van der Waals surface area (Å²) >= 11 is 0. The molecule has 24 heavy (non-hydrogen) atoms. The number of rotatable bonds is 19. The van der Waals surface area contributed by atoms with Crippen molar-refractivity contribution in [3.63, 3.8) is 0 Å². The van der Waals surface area contributed by atoms with Crippen molar-refractivity contribution in [1.29, 1.82) is 0 Å². The van der Waals surface area contributed by atoms with Crippen molar-refractivity contribution >= 4 is 0 Å². The van der Waals surface area contributed by atoms with Crippen LogP contribution in [0.5, 0.6) is 0 Å². The van der Waals surface area contributed by atoms with E-state index in [1.165, 1.54) is 103 Å². The maximum absolute atomic E-state index is 5.75. The second-order valence-corrected chi connectivity index (χ2v) is 7.51. The number of hydrogen-bond acceptors (Lipinski definition) is 1. The van der Waals surface area contributed by atoms with Crippen molar-refractivity contribution in [3.8, 4) is 0 Å². The Morgan fingerprint density at radius 2 is 1.04 bits per heavy atom. The van der Waals surface area contributed by atoms with Gasteiger partial charge in [-0.2, -0.15) is 0 Å². The van der Waals surface area contributed by atoms with E-state index in [-0.39, 0.29) is 0 Å². The second kappa shape index (κ2) is 18.6. The molecule has 0 aromatic heterocycles. The average Bonchev–Trinajstić information content (AvgIpc) is 2.57. The zero-order chi connectivity index (χ0) is 17.9. The van der Waals surface area contributed by atoms with Gasteiger partial charge in [0.25, 0.3) is 0 Å². The van der Waals surface area contributed by atoms with E-state index in [9.17, 15) is 0 Å². The van der Waals surface area contributed by atoms with Crippen LogP contribution in [-0.2, 0) is 0 Å². The van der Waals surface area contributed by atoms with E-state index in [0.29, 0.717) is 5.92 Å². The first kappa shape index (κ1) is 23.3. The molecule has 0 radical (unpaired) electrons. The van der Waals surface area contributed by atoms with E-state index in [4.69, 9.17) is 5.73 Å². The molecule has 1 atom stereocenters. The Morgan fingerprint density at radius 3 is 1.33 bits per heavy atom. The van der Waals surface area contributed by atoms with E-state index in [2.05, 4.69) is 20.1 Å². The fourth-order valence-electron chi connectivity index (χ4n) is 3.37. The zero-order valence-electron chi connectivity index (χ0n) is 16.7. The third-order valence-electron chi connectivity index (χ3n) is 5.13. The number of nitrogens with two attached hydrogens (primary N) is 1. The van der Waals surface area contributed by atoms with Crippen LogP contribution in [0, 0.1) is 5.92 Å². The minimum absolute atomic E-state index is 0.316. The van der Waals surface area contributed by atoms with Gasteiger partial charge in [-0.3, -0.25) is 0 Å². The molecule has 142 valence electrons. The fraction of sp³-hybridized carbons (Fsp3) is 0.826. The lowest BCUT2D eigenvalue weighted by molar-refractivity contribution is 0.519. The Hall–Kier alpha value is -0.720. The predicted molar refractivity (Wildman–Crippen MR) is 111 cm³/mol. The molecule has 2 N–H and O–H groups in total. The van der Waals surface area contributed by atoms with Gasteiger partial charge >= 0.3 is 0 Å². The summed E-state index contributed by atoms with van der Waals surface area (Å²) in [5.41, 5.74) is 6.52. The largest absolute Gasteiger partial charge is 0.402 e. The van der Waals surface area contributed by atoms with E-state index < -0.39 is 0 Å². The van der Waals surface area contributed by atoms with Gasteiger partial charge in [-0.1, -0.05) is 122 Å². The highest BCUT2D eigenvalue weighted by Gasteiger charge is 2.04. The van der Waals surface area contributed by atoms with E-state index in [0.717, 1.165) is 12.1 Å². The van der Waals surface area contributed by atoms with Gasteiger partial charge in [0.15, 0.2) is 0 Å². The minimum Gasteiger partial charge on any atom is -0.402 e. The third-order valence-corrected chi connectivity index (χ3v) is 5.13. The molecule has 0 fully saturated rings. The monoisotopic (exact) mass is 335 g/mol. The van der Waals surface area contributed by atoms with Crippen molar-refractivity contribution in [1.82, 2.24) is 0 Å². The van der Waals surface area contributed by atoms with Gasteiger partial charge in [-0.25, -0.2) is 0 Å². The van der Waals surface area contributed by atoms with Gasteiger partial charge in [0.1, 0.15) is 0 Å². The SMILES string of the molecule is C=CC(CCCCCCCCCCCCCCCCCC)C(=C)N. The lowest BCUT2D eigenvalue weighted by Gasteiger charge is -2.11. The van der Waals surface area contributed by atoms with Crippen molar-refractivity contribution < 1.29 is 0 Å². The summed E-state index contributed by atoms with van der Waals surface area (Å²) in [6, 6.07) is 0. The Balaban J connectivity index is 3.12. The summed E-state index contributed by atoms with van der Waals surface area (Å²) in [5.74, 6) is 0.316. The Bertz CT molecular complexity index is 282. The van der Waals surface area contributed by atoms with Gasteiger partial charge in [0.05, 0.1) is 0 Å². The third kappa shape index (κ3) is 16.1. The summed E-state index contributed by atoms with van der Waals surface area (Å²) in [7, 11) is 0. The first-order valence-corrected chi connectivity index (χ1v) is 10.8. The van der Waals surface area contributed by atoms with Crippen LogP contribution in [0.15, 0.2) is 24.9 Å². The molecule has 0 heterocycles. The highest BCUT2D eigenvalue weighted by molar-refractivity contribution is 5.02. The van der Waals surface area contributed by atoms with Crippen LogP contribution in [-0.4, -0.2) is 0 Å². The van der Waals surface area contributed by atoms with Gasteiger partial charge < -0.3 is 5.73 Å². The van der Waals surface area contributed by atoms with Crippen molar-refractivity contribution in [2.45, 2.75) is 116 Å². The number of hydrogen-bond donors (Lipinski definition) is 1. The Labute approximate surface area is 153 Å². The summed E-state index contributed by atoms with van der Waals surface area (Å²) in [5, 5.41) is 0. The van der Waals surface area contributed by atoms with Crippen LogP contribution < -0.4 is 5.73 Å². The summed E-state index contributed by atoms with van der Waals surface area (Å²) in [4.78, 5) is 0. The smallest absolute Gasteiger partial charge is 0.0155 e. The molecule has 0 aliphatic heterocycles. The quantitative estimate of drug-likeness (QED) is 0.188. The van der Waals surface area contributed by atoms with E-state index in [1.54, 1.807) is 0 Å². The maximum atomic E-state index is 5.75. The highest BCUT2D eigenvalue weighted by atomic mass is 14.6. The standard InChI is InChI=1S/C23H45N/c1-4-6-7-8-9-10-11-12-13-14-15-16-17-18-19-20-21-23(5-2)22(3)24/h5,23H,2-4,6-21,24H2,1H3. The molecule has 0 aromatic rings. The van der Waals surface area contributed by atoms with Crippen molar-refractivity contribution in [2.24, 2.45) is 11.7 Å². The first-order chi connectivity index (χ1) is 11.7. The molecule has 0 aliphatic rings. The number of unbranched alkanes of at least 4 members (excludes halogenated alkanes) is 15. The normalized spacial score (nSPS) is 12.2. The van der Waals surface area contributed by atoms with Crippen LogP contribution in [0.3, 0.4) is 0 Å². The lowest BCUT2D eigenvalue weighted by atomic mass is 9.98. The first-order valence-electron chi connectivity index (χ1n) is 10.8. The van der Waals surface area contributed by atoms with E-state index >= 15 is 0 Å². The Kier molecular flexibility index (Phi) is 18.1. The van der Waals surface area contributed by atoms with Crippen LogP contribution in [0.1, 0.15) is 116 Å². The average molecular weight is 336 g/mol. The molecule has 0 aliphatic carbocycles. The molecular formula is C23H45N. The molecular weight excluding hydrogens is 290 g/mol. The molecule has 0 rings (SSSR count). The van der Waals surface area contributed by atoms with E-state index in [1.807, 2.05) is 6.08 Å². The van der Waals surface area contributed by atoms with Crippen molar-refractivity contribution in [2.75, 3.05) is 0 Å². The van der Waals surface area contributed by atoms with Crippen LogP contribution in [0.25, 0.3) is 0 Å². The molecule has 0 saturated heterocycles. The number of allylic oxidation sites excluding steroid dienone is 1. The van der Waals surface area contributed by atoms with Crippen LogP contribution in [0.4, 0.5) is 0 Å². The predicted octanol–water partition coefficient (Wildman–Crippen LogP) is 7.91. The lowest BCUT2D eigenvalue weighted by Crippen LogP contribution is -2.07. The molecule has 0 spiro atoms. The van der Waals surface area contributed by atoms with Gasteiger partial charge in [0.2, 0.25) is 0 Å². The topological polar surface area (TPSA) is 26.0 Å². The molecule has 0 bridgehead atoms. The van der Waals surface area contributed by atoms with Crippen LogP contribution >= 0.6 is 0 Å². The van der Waals surface area contributed by atoms with Gasteiger partial charge in [0, 0.05) is 11.6 Å². The molecule has 0 saturated carbocycles. The molecule has 1 nitrogen and oxygen atoms in total. The minimum atomic E-state index is 0.316. The van der Waals surface area contributed by atoms with Crippen molar-refractivity contribution in [3.05, 3.63) is 24.9 Å². The summed E-state index contributed by atoms with van der Waals surface area (Å²) < 4.78 is 0. The fourth-order valence-corrected chi connectivity index (χ4v) is 3.37. The van der Waals surface area contributed by atoms with Gasteiger partial charge in [-0.15, -0.1) is 6.58 Å². The van der Waals surface area contributed by atoms with Gasteiger partial charge in [-0.05, 0) is 6.42 Å². The molecule has 1 heteroatoms.